The van der Waals surface area contributed by atoms with Crippen molar-refractivity contribution in [2.45, 2.75) is 87.8 Å². The normalized spacial score (nSPS) is 25.2. The Morgan fingerprint density at radius 2 is 1.41 bits per heavy atom. The number of aryl methyl sites for hydroxylation is 1. The summed E-state index contributed by atoms with van der Waals surface area (Å²) >= 11 is 0. The molecule has 8 nitrogen and oxygen atoms in total. The van der Waals surface area contributed by atoms with Gasteiger partial charge in [-0.05, 0) is 48.3 Å². The second-order valence-electron chi connectivity index (χ2n) is 13.1. The molecule has 0 spiro atoms. The maximum absolute atomic E-state index is 13.1. The zero-order chi connectivity index (χ0) is 31.8. The number of benzene rings is 3. The lowest BCUT2D eigenvalue weighted by atomic mass is 9.92. The Morgan fingerprint density at radius 1 is 0.841 bits per heavy atom. The molecule has 3 aromatic carbocycles. The lowest BCUT2D eigenvalue weighted by Gasteiger charge is -2.46. The lowest BCUT2D eigenvalue weighted by molar-refractivity contribution is -0.249. The highest BCUT2D eigenvalue weighted by molar-refractivity contribution is 7.86. The van der Waals surface area contributed by atoms with Gasteiger partial charge in [0, 0.05) is 13.5 Å². The molecule has 2 heterocycles. The topological polar surface area (TPSA) is 89.5 Å². The molecule has 2 aliphatic heterocycles. The van der Waals surface area contributed by atoms with Gasteiger partial charge in [-0.1, -0.05) is 99.1 Å². The predicted molar refractivity (Wildman–Crippen MR) is 171 cm³/mol. The van der Waals surface area contributed by atoms with Crippen molar-refractivity contribution in [3.05, 3.63) is 90.5 Å². The lowest BCUT2D eigenvalue weighted by Crippen LogP contribution is -2.68. The van der Waals surface area contributed by atoms with Crippen LogP contribution in [0.2, 0.25) is 5.04 Å². The number of rotatable bonds is 11. The van der Waals surface area contributed by atoms with E-state index in [-0.39, 0.29) is 29.6 Å². The third-order valence-corrected chi connectivity index (χ3v) is 14.8. The van der Waals surface area contributed by atoms with E-state index in [1.807, 2.05) is 57.2 Å². The SMILES string of the molecule is CO[C@H]1[C@H]2OC(C)(C)O[C@H]2O[C@]1(CCOS(=O)(=O)c1ccc(C)cc1)CO[Si](c1ccccc1)(c1ccccc1)C(C)(C)C. The van der Waals surface area contributed by atoms with Gasteiger partial charge in [-0.3, -0.25) is 4.18 Å². The Balaban J connectivity index is 1.51. The van der Waals surface area contributed by atoms with E-state index in [4.69, 9.17) is 27.6 Å². The van der Waals surface area contributed by atoms with Gasteiger partial charge in [-0.2, -0.15) is 8.42 Å². The Morgan fingerprint density at radius 3 is 1.93 bits per heavy atom. The molecule has 2 saturated heterocycles. The molecule has 3 aromatic rings. The summed E-state index contributed by atoms with van der Waals surface area (Å²) in [6, 6.07) is 27.2. The first-order valence-corrected chi connectivity index (χ1v) is 18.3. The van der Waals surface area contributed by atoms with Crippen molar-refractivity contribution >= 4 is 28.8 Å². The molecule has 44 heavy (non-hydrogen) atoms. The zero-order valence-electron chi connectivity index (χ0n) is 26.6. The fraction of sp³-hybridized carbons (Fsp3) is 0.471. The van der Waals surface area contributed by atoms with Gasteiger partial charge >= 0.3 is 0 Å². The van der Waals surface area contributed by atoms with Gasteiger partial charge in [0.2, 0.25) is 0 Å². The molecule has 0 radical (unpaired) electrons. The highest BCUT2D eigenvalue weighted by Crippen LogP contribution is 2.46. The van der Waals surface area contributed by atoms with Crippen LogP contribution in [-0.4, -0.2) is 66.9 Å². The molecule has 0 bridgehead atoms. The molecule has 4 atom stereocenters. The van der Waals surface area contributed by atoms with Gasteiger partial charge < -0.3 is 23.4 Å². The average Bonchev–Trinajstić information content (AvgIpc) is 3.41. The molecule has 0 aromatic heterocycles. The van der Waals surface area contributed by atoms with Crippen LogP contribution in [0.15, 0.2) is 89.8 Å². The van der Waals surface area contributed by atoms with Gasteiger partial charge in [0.15, 0.2) is 12.1 Å². The Labute approximate surface area is 262 Å². The number of ether oxygens (including phenoxy) is 4. The first kappa shape index (κ1) is 33.0. The van der Waals surface area contributed by atoms with Gasteiger partial charge in [-0.25, -0.2) is 0 Å². The highest BCUT2D eigenvalue weighted by Gasteiger charge is 2.63. The van der Waals surface area contributed by atoms with Crippen molar-refractivity contribution in [2.24, 2.45) is 0 Å². The van der Waals surface area contributed by atoms with Crippen molar-refractivity contribution < 1.29 is 36.0 Å². The molecule has 2 aliphatic rings. The van der Waals surface area contributed by atoms with Crippen molar-refractivity contribution in [1.82, 2.24) is 0 Å². The van der Waals surface area contributed by atoms with E-state index in [0.717, 1.165) is 15.9 Å². The van der Waals surface area contributed by atoms with Crippen LogP contribution in [0.4, 0.5) is 0 Å². The van der Waals surface area contributed by atoms with Crippen molar-refractivity contribution in [1.29, 1.82) is 0 Å². The van der Waals surface area contributed by atoms with Crippen LogP contribution >= 0.6 is 0 Å². The van der Waals surface area contributed by atoms with Crippen LogP contribution in [0.1, 0.15) is 46.6 Å². The first-order valence-electron chi connectivity index (χ1n) is 15.0. The fourth-order valence-electron chi connectivity index (χ4n) is 6.48. The van der Waals surface area contributed by atoms with Gasteiger partial charge in [0.1, 0.15) is 17.8 Å². The summed E-state index contributed by atoms with van der Waals surface area (Å²) in [6.07, 6.45) is -1.70. The number of fused-ring (bicyclic) bond motifs is 1. The predicted octanol–water partition coefficient (Wildman–Crippen LogP) is 4.93. The second kappa shape index (κ2) is 12.4. The zero-order valence-corrected chi connectivity index (χ0v) is 28.4. The standard InChI is InChI=1S/C34H44O8SSi/c1-25-18-20-26(21-19-25)43(35,36)38-23-22-34(30(37-7)29-31(42-34)41-33(5,6)40-29)24-39-44(32(2,3)4,27-14-10-8-11-15-27)28-16-12-9-13-17-28/h8-21,29-31H,22-24H2,1-7H3/t29-,30+,31+,34-/m1/s1. The van der Waals surface area contributed by atoms with Crippen molar-refractivity contribution in [3.63, 3.8) is 0 Å². The minimum absolute atomic E-state index is 0.0987. The fourth-order valence-corrected chi connectivity index (χ4v) is 12.0. The molecule has 0 saturated carbocycles. The highest BCUT2D eigenvalue weighted by atomic mass is 32.2. The van der Waals surface area contributed by atoms with Crippen LogP contribution in [0, 0.1) is 6.92 Å². The molecule has 0 N–H and O–H groups in total. The molecule has 0 unspecified atom stereocenters. The van der Waals surface area contributed by atoms with E-state index in [9.17, 15) is 8.42 Å². The molecule has 238 valence electrons. The summed E-state index contributed by atoms with van der Waals surface area (Å²) < 4.78 is 64.2. The van der Waals surface area contributed by atoms with E-state index >= 15 is 0 Å². The average molecular weight is 641 g/mol. The smallest absolute Gasteiger partial charge is 0.296 e. The molecule has 0 amide bonds. The molecular weight excluding hydrogens is 597 g/mol. The van der Waals surface area contributed by atoms with Crippen LogP contribution < -0.4 is 10.4 Å². The number of hydrogen-bond acceptors (Lipinski definition) is 8. The minimum Gasteiger partial charge on any atom is -0.404 e. The van der Waals surface area contributed by atoms with Crippen LogP contribution in [0.3, 0.4) is 0 Å². The first-order chi connectivity index (χ1) is 20.7. The monoisotopic (exact) mass is 640 g/mol. The van der Waals surface area contributed by atoms with Crippen LogP contribution in [0.5, 0.6) is 0 Å². The Kier molecular flexibility index (Phi) is 9.30. The number of hydrogen-bond donors (Lipinski definition) is 0. The number of methoxy groups -OCH3 is 1. The third-order valence-electron chi connectivity index (χ3n) is 8.53. The summed E-state index contributed by atoms with van der Waals surface area (Å²) in [6.45, 7) is 12.1. The summed E-state index contributed by atoms with van der Waals surface area (Å²) in [5.41, 5.74) is -0.170. The summed E-state index contributed by atoms with van der Waals surface area (Å²) in [4.78, 5) is 0.0987. The molecule has 0 aliphatic carbocycles. The van der Waals surface area contributed by atoms with Gasteiger partial charge in [0.05, 0.1) is 18.1 Å². The quantitative estimate of drug-likeness (QED) is 0.216. The van der Waals surface area contributed by atoms with Crippen LogP contribution in [0.25, 0.3) is 0 Å². The van der Waals surface area contributed by atoms with E-state index in [1.165, 1.54) is 0 Å². The summed E-state index contributed by atoms with van der Waals surface area (Å²) in [7, 11) is -5.38. The van der Waals surface area contributed by atoms with E-state index < -0.39 is 48.3 Å². The largest absolute Gasteiger partial charge is 0.404 e. The maximum Gasteiger partial charge on any atom is 0.296 e. The molecule has 10 heteroatoms. The summed E-state index contributed by atoms with van der Waals surface area (Å²) in [5.74, 6) is -0.859. The Hall–Kier alpha value is -2.41. The van der Waals surface area contributed by atoms with Gasteiger partial charge in [-0.15, -0.1) is 0 Å². The molecule has 2 fully saturated rings. The maximum atomic E-state index is 13.1. The third kappa shape index (κ3) is 6.32. The summed E-state index contributed by atoms with van der Waals surface area (Å²) in [5, 5.41) is 1.95. The van der Waals surface area contributed by atoms with E-state index in [2.05, 4.69) is 45.0 Å². The molecular formula is C34H44O8SSi. The van der Waals surface area contributed by atoms with Crippen molar-refractivity contribution in [3.8, 4) is 0 Å². The molecule has 5 rings (SSSR count). The Bertz CT molecular complexity index is 1470. The van der Waals surface area contributed by atoms with E-state index in [1.54, 1.807) is 31.4 Å². The second-order valence-corrected chi connectivity index (χ2v) is 19.0. The van der Waals surface area contributed by atoms with E-state index in [0.29, 0.717) is 0 Å². The van der Waals surface area contributed by atoms with Crippen molar-refractivity contribution in [2.75, 3.05) is 20.3 Å². The minimum atomic E-state index is -4.00. The van der Waals surface area contributed by atoms with Crippen LogP contribution in [-0.2, 0) is 37.7 Å². The van der Waals surface area contributed by atoms with Gasteiger partial charge in [0.25, 0.3) is 18.4 Å².